The summed E-state index contributed by atoms with van der Waals surface area (Å²) >= 11 is 7.67. The summed E-state index contributed by atoms with van der Waals surface area (Å²) in [5.74, 6) is 1.92. The van der Waals surface area contributed by atoms with E-state index in [2.05, 4.69) is 15.6 Å². The Kier molecular flexibility index (Phi) is 16.6. The maximum absolute atomic E-state index is 14.0. The lowest BCUT2D eigenvalue weighted by atomic mass is 9.85. The van der Waals surface area contributed by atoms with E-state index in [4.69, 9.17) is 39.7 Å². The quantitative estimate of drug-likeness (QED) is 0.0587. The first-order valence-corrected chi connectivity index (χ1v) is 23.5. The molecular weight excluding hydrogens is 896 g/mol. The van der Waals surface area contributed by atoms with Crippen LogP contribution in [0.1, 0.15) is 57.8 Å². The van der Waals surface area contributed by atoms with Gasteiger partial charge in [0.05, 0.1) is 49.6 Å². The third-order valence-electron chi connectivity index (χ3n) is 11.3. The molecule has 14 nitrogen and oxygen atoms in total. The highest BCUT2D eigenvalue weighted by atomic mass is 35.5. The molecule has 354 valence electrons. The van der Waals surface area contributed by atoms with Gasteiger partial charge in [-0.25, -0.2) is 4.98 Å². The number of aromatic nitrogens is 1. The van der Waals surface area contributed by atoms with Gasteiger partial charge in [0, 0.05) is 27.2 Å². The summed E-state index contributed by atoms with van der Waals surface area (Å²) in [5, 5.41) is 17.5. The first kappa shape index (κ1) is 48.9. The van der Waals surface area contributed by atoms with Gasteiger partial charge in [0.1, 0.15) is 42.5 Å². The average molecular weight is 954 g/mol. The van der Waals surface area contributed by atoms with E-state index >= 15 is 0 Å². The molecule has 1 aliphatic heterocycles. The number of hydrogen-bond donors (Lipinski definition) is 3. The summed E-state index contributed by atoms with van der Waals surface area (Å²) < 4.78 is 35.5. The smallest absolute Gasteiger partial charge is 0.246 e. The van der Waals surface area contributed by atoms with Crippen molar-refractivity contribution >= 4 is 50.7 Å². The third-order valence-corrected chi connectivity index (χ3v) is 12.7. The molecular formula is C51H57ClN4O10S. The molecule has 3 N–H and O–H groups in total. The van der Waals surface area contributed by atoms with Crippen LogP contribution in [0.4, 0.5) is 0 Å². The second-order valence-electron chi connectivity index (χ2n) is 17.3. The van der Waals surface area contributed by atoms with Crippen molar-refractivity contribution < 1.29 is 47.6 Å². The predicted molar refractivity (Wildman–Crippen MR) is 258 cm³/mol. The predicted octanol–water partition coefficient (Wildman–Crippen LogP) is 9.51. The minimum absolute atomic E-state index is 0.175. The number of rotatable bonds is 21. The fourth-order valence-corrected chi connectivity index (χ4v) is 9.01. The van der Waals surface area contributed by atoms with Crippen LogP contribution in [0.2, 0.25) is 5.02 Å². The SMILES string of the molecule is Cc1ncoc1-c1ccc([C@H](C)NC(=O)[C@@H]2CCCN2C(=O)C(NC(=O)COCCOCCOCCOc2ccc(Oc3c(-c4ccc(Cl)cc4)sc4cc(O)ccc34)cc2)C(C)(C)C)cc1. The number of ether oxygens (including phenoxy) is 5. The summed E-state index contributed by atoms with van der Waals surface area (Å²) in [6.07, 6.45) is 2.63. The summed E-state index contributed by atoms with van der Waals surface area (Å²) in [7, 11) is 0. The number of nitrogens with zero attached hydrogens (tertiary/aromatic N) is 2. The maximum Gasteiger partial charge on any atom is 0.246 e. The van der Waals surface area contributed by atoms with Gasteiger partial charge >= 0.3 is 0 Å². The van der Waals surface area contributed by atoms with Crippen molar-refractivity contribution in [1.82, 2.24) is 20.5 Å². The Labute approximate surface area is 399 Å². The van der Waals surface area contributed by atoms with Crippen molar-refractivity contribution in [3.05, 3.63) is 114 Å². The number of carbonyl (C=O) groups excluding carboxylic acids is 3. The van der Waals surface area contributed by atoms with Crippen molar-refractivity contribution in [2.45, 2.75) is 65.6 Å². The molecule has 1 aliphatic rings. The third kappa shape index (κ3) is 12.9. The minimum atomic E-state index is -0.864. The van der Waals surface area contributed by atoms with Gasteiger partial charge in [-0.3, -0.25) is 14.4 Å². The molecule has 1 fully saturated rings. The number of thiophene rings is 1. The standard InChI is InChI=1S/C51H57ClN4O10S/c1-32(34-8-10-35(11-9-34)45-33(2)53-31-65-45)54-49(59)42-7-6-22-56(42)50(60)48(51(3,4)5)55-44(58)30-63-26-25-61-23-24-62-27-28-64-39-17-19-40(20-18-39)66-46-41-21-16-38(57)29-43(41)67-47(46)36-12-14-37(52)15-13-36/h8-21,29,31-32,42,48,57H,6-7,22-28,30H2,1-5H3,(H,54,59)(H,55,58)/t32-,42-,48?/m0/s1. The van der Waals surface area contributed by atoms with E-state index < -0.39 is 23.4 Å². The topological polar surface area (TPSA) is 171 Å². The number of amides is 3. The monoisotopic (exact) mass is 952 g/mol. The lowest BCUT2D eigenvalue weighted by molar-refractivity contribution is -0.144. The van der Waals surface area contributed by atoms with Crippen LogP contribution in [0.5, 0.6) is 23.0 Å². The van der Waals surface area contributed by atoms with Gasteiger partial charge in [0.15, 0.2) is 17.9 Å². The van der Waals surface area contributed by atoms with Gasteiger partial charge in [-0.1, -0.05) is 68.8 Å². The molecule has 0 bridgehead atoms. The van der Waals surface area contributed by atoms with Gasteiger partial charge in [0.25, 0.3) is 0 Å². The number of aromatic hydroxyl groups is 1. The molecule has 16 heteroatoms. The zero-order chi connectivity index (χ0) is 47.5. The summed E-state index contributed by atoms with van der Waals surface area (Å²) in [5.41, 5.74) is 2.94. The molecule has 0 saturated carbocycles. The van der Waals surface area contributed by atoms with E-state index in [0.29, 0.717) is 73.8 Å². The number of phenolic OH excluding ortho intramolecular Hbond substituents is 1. The Balaban J connectivity index is 0.770. The fourth-order valence-electron chi connectivity index (χ4n) is 7.71. The molecule has 4 aromatic carbocycles. The molecule has 67 heavy (non-hydrogen) atoms. The van der Waals surface area contributed by atoms with E-state index in [1.807, 2.05) is 113 Å². The largest absolute Gasteiger partial charge is 0.508 e. The first-order chi connectivity index (χ1) is 32.2. The van der Waals surface area contributed by atoms with E-state index in [1.54, 1.807) is 17.0 Å². The van der Waals surface area contributed by atoms with Crippen molar-refractivity contribution in [2.24, 2.45) is 5.41 Å². The Morgan fingerprint density at radius 3 is 2.19 bits per heavy atom. The molecule has 3 atom stereocenters. The second-order valence-corrected chi connectivity index (χ2v) is 18.8. The molecule has 1 saturated heterocycles. The summed E-state index contributed by atoms with van der Waals surface area (Å²) in [6.45, 7) is 11.4. The fraction of sp³-hybridized carbons (Fsp3) is 0.373. The number of aryl methyl sites for hydroxylation is 1. The van der Waals surface area contributed by atoms with Crippen LogP contribution in [0.25, 0.3) is 31.9 Å². The maximum atomic E-state index is 14.0. The number of oxazole rings is 1. The van der Waals surface area contributed by atoms with Crippen LogP contribution in [0.3, 0.4) is 0 Å². The summed E-state index contributed by atoms with van der Waals surface area (Å²) in [6, 6.07) is 26.1. The average Bonchev–Trinajstić information content (AvgIpc) is 4.07. The van der Waals surface area contributed by atoms with E-state index in [1.165, 1.54) is 17.7 Å². The van der Waals surface area contributed by atoms with Gasteiger partial charge in [-0.2, -0.15) is 0 Å². The van der Waals surface area contributed by atoms with Crippen molar-refractivity contribution in [1.29, 1.82) is 0 Å². The molecule has 0 radical (unpaired) electrons. The normalized spacial score (nSPS) is 14.8. The molecule has 0 spiro atoms. The van der Waals surface area contributed by atoms with Crippen molar-refractivity contribution in [3.63, 3.8) is 0 Å². The summed E-state index contributed by atoms with van der Waals surface area (Å²) in [4.78, 5) is 47.2. The van der Waals surface area contributed by atoms with Crippen LogP contribution in [0, 0.1) is 12.3 Å². The van der Waals surface area contributed by atoms with E-state index in [9.17, 15) is 19.5 Å². The molecule has 2 aromatic heterocycles. The van der Waals surface area contributed by atoms with Crippen LogP contribution in [0.15, 0.2) is 102 Å². The highest BCUT2D eigenvalue weighted by Crippen LogP contribution is 2.47. The van der Waals surface area contributed by atoms with Gasteiger partial charge < -0.3 is 48.7 Å². The Bertz CT molecular complexity index is 2590. The number of benzene rings is 4. The molecule has 3 heterocycles. The minimum Gasteiger partial charge on any atom is -0.508 e. The van der Waals surface area contributed by atoms with Crippen LogP contribution < -0.4 is 20.1 Å². The zero-order valence-corrected chi connectivity index (χ0v) is 39.9. The van der Waals surface area contributed by atoms with Crippen LogP contribution in [-0.2, 0) is 28.6 Å². The lowest BCUT2D eigenvalue weighted by Crippen LogP contribution is -2.58. The van der Waals surface area contributed by atoms with Crippen molar-refractivity contribution in [2.75, 3.05) is 52.8 Å². The number of carbonyl (C=O) groups is 3. The highest BCUT2D eigenvalue weighted by Gasteiger charge is 2.42. The van der Waals surface area contributed by atoms with Crippen molar-refractivity contribution in [3.8, 4) is 44.8 Å². The van der Waals surface area contributed by atoms with Gasteiger partial charge in [-0.05, 0) is 97.8 Å². The molecule has 6 aromatic rings. The van der Waals surface area contributed by atoms with E-state index in [-0.39, 0.29) is 43.4 Å². The second kappa shape index (κ2) is 22.7. The van der Waals surface area contributed by atoms with E-state index in [0.717, 1.165) is 37.3 Å². The first-order valence-electron chi connectivity index (χ1n) is 22.3. The number of fused-ring (bicyclic) bond motifs is 1. The van der Waals surface area contributed by atoms with Gasteiger partial charge in [0.2, 0.25) is 17.7 Å². The molecule has 1 unspecified atom stereocenters. The zero-order valence-electron chi connectivity index (χ0n) is 38.3. The Morgan fingerprint density at radius 1 is 0.866 bits per heavy atom. The number of likely N-dealkylation sites (tertiary alicyclic amines) is 1. The van der Waals surface area contributed by atoms with Crippen LogP contribution in [-0.4, -0.2) is 97.6 Å². The van der Waals surface area contributed by atoms with Gasteiger partial charge in [-0.15, -0.1) is 11.3 Å². The number of phenols is 1. The van der Waals surface area contributed by atoms with Crippen LogP contribution >= 0.6 is 22.9 Å². The molecule has 0 aliphatic carbocycles. The number of halogens is 1. The number of nitrogens with one attached hydrogen (secondary N) is 2. The number of hydrogen-bond acceptors (Lipinski definition) is 12. The highest BCUT2D eigenvalue weighted by molar-refractivity contribution is 7.22. The Morgan fingerprint density at radius 2 is 1.52 bits per heavy atom. The Hall–Kier alpha value is -5.97. The lowest BCUT2D eigenvalue weighted by Gasteiger charge is -2.35. The molecule has 3 amide bonds. The molecule has 7 rings (SSSR count).